The highest BCUT2D eigenvalue weighted by molar-refractivity contribution is 5.45. The average Bonchev–Trinajstić information content (AvgIpc) is 2.58. The Balaban J connectivity index is 2.49. The minimum absolute atomic E-state index is 0.234. The standard InChI is InChI=1S/C9H8F3NO/c10-6-3-1-2-5(7(6)14)8(13)4-9(8,11)12/h1-3,14H,4,13H2. The van der Waals surface area contributed by atoms with Crippen LogP contribution in [0.4, 0.5) is 13.2 Å². The normalized spacial score (nSPS) is 28.9. The summed E-state index contributed by atoms with van der Waals surface area (Å²) in [5.41, 5.74) is 3.20. The summed E-state index contributed by atoms with van der Waals surface area (Å²) in [4.78, 5) is 0. The molecule has 0 heterocycles. The maximum Gasteiger partial charge on any atom is 0.272 e. The molecule has 0 spiro atoms. The summed E-state index contributed by atoms with van der Waals surface area (Å²) in [5.74, 6) is -4.78. The summed E-state index contributed by atoms with van der Waals surface area (Å²) in [6, 6.07) is 3.44. The van der Waals surface area contributed by atoms with Gasteiger partial charge < -0.3 is 10.8 Å². The van der Waals surface area contributed by atoms with Gasteiger partial charge >= 0.3 is 0 Å². The van der Waals surface area contributed by atoms with Crippen LogP contribution in [0.5, 0.6) is 5.75 Å². The summed E-state index contributed by atoms with van der Waals surface area (Å²) >= 11 is 0. The van der Waals surface area contributed by atoms with Crippen LogP contribution in [0, 0.1) is 5.82 Å². The molecule has 1 saturated carbocycles. The van der Waals surface area contributed by atoms with E-state index in [1.807, 2.05) is 0 Å². The first-order valence-electron chi connectivity index (χ1n) is 4.03. The van der Waals surface area contributed by atoms with Gasteiger partial charge in [-0.05, 0) is 6.07 Å². The van der Waals surface area contributed by atoms with E-state index >= 15 is 0 Å². The van der Waals surface area contributed by atoms with Crippen LogP contribution in [0.2, 0.25) is 0 Å². The van der Waals surface area contributed by atoms with Crippen LogP contribution in [0.15, 0.2) is 18.2 Å². The fourth-order valence-electron chi connectivity index (χ4n) is 1.47. The van der Waals surface area contributed by atoms with Crippen molar-refractivity contribution >= 4 is 0 Å². The predicted octanol–water partition coefficient (Wildman–Crippen LogP) is 1.72. The number of alkyl halides is 2. The number of para-hydroxylation sites is 1. The van der Waals surface area contributed by atoms with Crippen LogP contribution in [0.3, 0.4) is 0 Å². The summed E-state index contributed by atoms with van der Waals surface area (Å²) in [6.07, 6.45) is -0.559. The topological polar surface area (TPSA) is 46.2 Å². The molecule has 0 saturated heterocycles. The van der Waals surface area contributed by atoms with E-state index in [1.165, 1.54) is 12.1 Å². The van der Waals surface area contributed by atoms with Crippen molar-refractivity contribution in [1.82, 2.24) is 0 Å². The van der Waals surface area contributed by atoms with Gasteiger partial charge in [0.1, 0.15) is 5.54 Å². The number of nitrogens with two attached hydrogens (primary N) is 1. The van der Waals surface area contributed by atoms with Crippen molar-refractivity contribution in [3.63, 3.8) is 0 Å². The van der Waals surface area contributed by atoms with Crippen molar-refractivity contribution in [2.45, 2.75) is 17.9 Å². The van der Waals surface area contributed by atoms with Gasteiger partial charge in [0.15, 0.2) is 11.6 Å². The van der Waals surface area contributed by atoms with E-state index in [1.54, 1.807) is 0 Å². The second-order valence-corrected chi connectivity index (χ2v) is 3.49. The molecule has 1 fully saturated rings. The second kappa shape index (κ2) is 2.42. The van der Waals surface area contributed by atoms with Crippen LogP contribution in [0.25, 0.3) is 0 Å². The molecule has 1 aromatic carbocycles. The van der Waals surface area contributed by atoms with E-state index in [0.717, 1.165) is 6.07 Å². The SMILES string of the molecule is NC1(c2cccc(F)c2O)CC1(F)F. The molecule has 0 bridgehead atoms. The number of aromatic hydroxyl groups is 1. The molecule has 0 aliphatic heterocycles. The first-order valence-corrected chi connectivity index (χ1v) is 4.03. The zero-order valence-corrected chi connectivity index (χ0v) is 7.10. The Morgan fingerprint density at radius 3 is 2.43 bits per heavy atom. The van der Waals surface area contributed by atoms with E-state index in [2.05, 4.69) is 0 Å². The summed E-state index contributed by atoms with van der Waals surface area (Å²) in [5, 5.41) is 9.22. The monoisotopic (exact) mass is 203 g/mol. The van der Waals surface area contributed by atoms with E-state index in [-0.39, 0.29) is 5.56 Å². The number of hydrogen-bond acceptors (Lipinski definition) is 2. The van der Waals surface area contributed by atoms with Crippen molar-refractivity contribution in [2.75, 3.05) is 0 Å². The highest BCUT2D eigenvalue weighted by atomic mass is 19.3. The van der Waals surface area contributed by atoms with Gasteiger partial charge in [0.05, 0.1) is 0 Å². The van der Waals surface area contributed by atoms with Crippen molar-refractivity contribution in [1.29, 1.82) is 0 Å². The first kappa shape index (κ1) is 9.33. The van der Waals surface area contributed by atoms with Gasteiger partial charge in [-0.25, -0.2) is 13.2 Å². The number of rotatable bonds is 1. The smallest absolute Gasteiger partial charge is 0.272 e. The molecular formula is C9H8F3NO. The second-order valence-electron chi connectivity index (χ2n) is 3.49. The number of halogens is 3. The van der Waals surface area contributed by atoms with E-state index < -0.39 is 29.4 Å². The van der Waals surface area contributed by atoms with Gasteiger partial charge in [-0.2, -0.15) is 0 Å². The van der Waals surface area contributed by atoms with Crippen LogP contribution < -0.4 is 5.73 Å². The molecule has 5 heteroatoms. The predicted molar refractivity (Wildman–Crippen MR) is 43.5 cm³/mol. The Bertz CT molecular complexity index is 394. The third-order valence-corrected chi connectivity index (χ3v) is 2.50. The zero-order valence-electron chi connectivity index (χ0n) is 7.10. The first-order chi connectivity index (χ1) is 6.38. The molecule has 1 unspecified atom stereocenters. The van der Waals surface area contributed by atoms with Crippen LogP contribution in [-0.4, -0.2) is 11.0 Å². The third-order valence-electron chi connectivity index (χ3n) is 2.50. The lowest BCUT2D eigenvalue weighted by molar-refractivity contribution is 0.0883. The Labute approximate surface area is 78.2 Å². The Hall–Kier alpha value is -1.23. The van der Waals surface area contributed by atoms with Gasteiger partial charge in [0, 0.05) is 12.0 Å². The van der Waals surface area contributed by atoms with Crippen LogP contribution >= 0.6 is 0 Å². The van der Waals surface area contributed by atoms with E-state index in [4.69, 9.17) is 5.73 Å². The molecule has 1 atom stereocenters. The number of phenols is 1. The van der Waals surface area contributed by atoms with Gasteiger partial charge in [-0.3, -0.25) is 0 Å². The van der Waals surface area contributed by atoms with Crippen molar-refractivity contribution < 1.29 is 18.3 Å². The molecule has 76 valence electrons. The largest absolute Gasteiger partial charge is 0.505 e. The maximum atomic E-state index is 12.8. The molecule has 14 heavy (non-hydrogen) atoms. The fraction of sp³-hybridized carbons (Fsp3) is 0.333. The number of phenolic OH excluding ortho intramolecular Hbond substituents is 1. The Morgan fingerprint density at radius 2 is 1.93 bits per heavy atom. The van der Waals surface area contributed by atoms with Crippen molar-refractivity contribution in [3.05, 3.63) is 29.6 Å². The third kappa shape index (κ3) is 1.02. The molecular weight excluding hydrogens is 195 g/mol. The number of hydrogen-bond donors (Lipinski definition) is 2. The van der Waals surface area contributed by atoms with Gasteiger partial charge in [0.2, 0.25) is 0 Å². The molecule has 1 aromatic rings. The average molecular weight is 203 g/mol. The minimum atomic E-state index is -3.06. The molecule has 2 nitrogen and oxygen atoms in total. The van der Waals surface area contributed by atoms with Gasteiger partial charge in [-0.15, -0.1) is 0 Å². The van der Waals surface area contributed by atoms with Crippen LogP contribution in [-0.2, 0) is 5.54 Å². The van der Waals surface area contributed by atoms with Crippen molar-refractivity contribution in [2.24, 2.45) is 5.73 Å². The Kier molecular flexibility index (Phi) is 1.61. The van der Waals surface area contributed by atoms with E-state index in [0.29, 0.717) is 0 Å². The Morgan fingerprint density at radius 1 is 1.36 bits per heavy atom. The summed E-state index contributed by atoms with van der Waals surface area (Å²) < 4.78 is 38.5. The maximum absolute atomic E-state index is 12.8. The number of benzene rings is 1. The fourth-order valence-corrected chi connectivity index (χ4v) is 1.47. The molecule has 2 rings (SSSR count). The van der Waals surface area contributed by atoms with Crippen LogP contribution in [0.1, 0.15) is 12.0 Å². The minimum Gasteiger partial charge on any atom is -0.505 e. The molecule has 0 amide bonds. The lowest BCUT2D eigenvalue weighted by Crippen LogP contribution is -2.27. The van der Waals surface area contributed by atoms with Gasteiger partial charge in [0.25, 0.3) is 5.92 Å². The van der Waals surface area contributed by atoms with E-state index in [9.17, 15) is 18.3 Å². The molecule has 3 N–H and O–H groups in total. The molecule has 0 radical (unpaired) electrons. The highest BCUT2D eigenvalue weighted by Gasteiger charge is 2.70. The molecule has 1 aliphatic rings. The lowest BCUT2D eigenvalue weighted by atomic mass is 10.0. The van der Waals surface area contributed by atoms with Gasteiger partial charge in [-0.1, -0.05) is 12.1 Å². The summed E-state index contributed by atoms with van der Waals surface area (Å²) in [6.45, 7) is 0. The highest BCUT2D eigenvalue weighted by Crippen LogP contribution is 2.59. The molecule has 1 aliphatic carbocycles. The summed E-state index contributed by atoms with van der Waals surface area (Å²) in [7, 11) is 0. The van der Waals surface area contributed by atoms with Crippen molar-refractivity contribution in [3.8, 4) is 5.75 Å². The lowest BCUT2D eigenvalue weighted by Gasteiger charge is -2.12. The zero-order chi connectivity index (χ0) is 10.6. The quantitative estimate of drug-likeness (QED) is 0.730. The molecule has 0 aromatic heterocycles.